The average molecular weight is 364 g/mol. The van der Waals surface area contributed by atoms with Crippen molar-refractivity contribution >= 4 is 38.4 Å². The van der Waals surface area contributed by atoms with Gasteiger partial charge in [0, 0.05) is 0 Å². The molecule has 1 N–H and O–H groups in total. The smallest absolute Gasteiger partial charge is 0.296 e. The van der Waals surface area contributed by atoms with Crippen molar-refractivity contribution in [1.82, 2.24) is 4.98 Å². The topological polar surface area (TPSA) is 70.5 Å². The summed E-state index contributed by atoms with van der Waals surface area (Å²) in [4.78, 5) is 30.9. The number of carbonyl (C=O) groups excluding carboxylic acids is 2. The van der Waals surface area contributed by atoms with E-state index >= 15 is 0 Å². The van der Waals surface area contributed by atoms with Crippen molar-refractivity contribution < 1.29 is 14.7 Å². The number of benzene rings is 2. The van der Waals surface area contributed by atoms with Crippen molar-refractivity contribution in [2.24, 2.45) is 0 Å². The van der Waals surface area contributed by atoms with Crippen LogP contribution in [0, 0.1) is 6.92 Å². The number of aryl methyl sites for hydroxylation is 1. The number of ketones is 1. The SMILES string of the molecule is CC(=O)C1=C(O)C(=O)N(c2nc3ccccc3s2)[C@@H]1c1ccc(C)cc1. The number of aliphatic hydroxyl groups excluding tert-OH is 1. The van der Waals surface area contributed by atoms with Crippen LogP contribution >= 0.6 is 11.3 Å². The fourth-order valence-electron chi connectivity index (χ4n) is 3.19. The molecule has 0 unspecified atom stereocenters. The van der Waals surface area contributed by atoms with E-state index in [1.165, 1.54) is 23.2 Å². The lowest BCUT2D eigenvalue weighted by molar-refractivity contribution is -0.117. The monoisotopic (exact) mass is 364 g/mol. The van der Waals surface area contributed by atoms with E-state index in [-0.39, 0.29) is 11.4 Å². The van der Waals surface area contributed by atoms with Crippen LogP contribution in [0.4, 0.5) is 5.13 Å². The maximum atomic E-state index is 12.8. The number of aliphatic hydroxyl groups is 1. The van der Waals surface area contributed by atoms with Gasteiger partial charge in [0.15, 0.2) is 16.7 Å². The number of Topliss-reactive ketones (excluding diaryl/α,β-unsaturated/α-hetero) is 1. The molecule has 1 aliphatic heterocycles. The molecule has 3 aromatic rings. The summed E-state index contributed by atoms with van der Waals surface area (Å²) in [6, 6.07) is 14.5. The number of anilines is 1. The first-order valence-electron chi connectivity index (χ1n) is 8.17. The first-order valence-corrected chi connectivity index (χ1v) is 8.99. The number of aromatic nitrogens is 1. The van der Waals surface area contributed by atoms with E-state index in [0.717, 1.165) is 21.3 Å². The number of hydrogen-bond acceptors (Lipinski definition) is 5. The van der Waals surface area contributed by atoms with Crippen LogP contribution in [-0.2, 0) is 9.59 Å². The van der Waals surface area contributed by atoms with E-state index in [1.54, 1.807) is 0 Å². The second kappa shape index (κ2) is 6.07. The molecule has 1 aromatic heterocycles. The van der Waals surface area contributed by atoms with Crippen LogP contribution in [0.5, 0.6) is 0 Å². The molecule has 4 rings (SSSR count). The van der Waals surface area contributed by atoms with E-state index in [4.69, 9.17) is 0 Å². The van der Waals surface area contributed by atoms with Crippen LogP contribution in [0.2, 0.25) is 0 Å². The maximum Gasteiger partial charge on any atom is 0.296 e. The quantitative estimate of drug-likeness (QED) is 0.760. The van der Waals surface area contributed by atoms with Crippen molar-refractivity contribution in [1.29, 1.82) is 0 Å². The normalized spacial score (nSPS) is 17.4. The van der Waals surface area contributed by atoms with Crippen molar-refractivity contribution in [3.05, 3.63) is 71.0 Å². The Balaban J connectivity index is 1.90. The zero-order valence-corrected chi connectivity index (χ0v) is 15.1. The number of fused-ring (bicyclic) bond motifs is 1. The highest BCUT2D eigenvalue weighted by Gasteiger charge is 2.44. The third kappa shape index (κ3) is 2.50. The molecule has 1 amide bonds. The van der Waals surface area contributed by atoms with Gasteiger partial charge in [-0.1, -0.05) is 53.3 Å². The minimum absolute atomic E-state index is 0.109. The first-order chi connectivity index (χ1) is 12.5. The van der Waals surface area contributed by atoms with E-state index in [1.807, 2.05) is 55.5 Å². The largest absolute Gasteiger partial charge is 0.503 e. The Labute approximate surface area is 154 Å². The Morgan fingerprint density at radius 1 is 1.15 bits per heavy atom. The summed E-state index contributed by atoms with van der Waals surface area (Å²) in [6.45, 7) is 3.33. The molecule has 1 aliphatic rings. The lowest BCUT2D eigenvalue weighted by Gasteiger charge is -2.24. The van der Waals surface area contributed by atoms with Gasteiger partial charge in [-0.25, -0.2) is 4.98 Å². The predicted octanol–water partition coefficient (Wildman–Crippen LogP) is 4.09. The van der Waals surface area contributed by atoms with Gasteiger partial charge < -0.3 is 5.11 Å². The summed E-state index contributed by atoms with van der Waals surface area (Å²) in [5.41, 5.74) is 2.72. The van der Waals surface area contributed by atoms with E-state index < -0.39 is 17.7 Å². The molecular formula is C20H16N2O3S. The number of para-hydroxylation sites is 1. The minimum Gasteiger partial charge on any atom is -0.503 e. The molecule has 5 nitrogen and oxygen atoms in total. The number of thiazole rings is 1. The lowest BCUT2D eigenvalue weighted by atomic mass is 9.96. The summed E-state index contributed by atoms with van der Waals surface area (Å²) in [6.07, 6.45) is 0. The molecule has 1 atom stereocenters. The van der Waals surface area contributed by atoms with Crippen molar-refractivity contribution in [2.75, 3.05) is 4.90 Å². The number of nitrogens with zero attached hydrogens (tertiary/aromatic N) is 2. The molecule has 26 heavy (non-hydrogen) atoms. The van der Waals surface area contributed by atoms with E-state index in [0.29, 0.717) is 5.13 Å². The van der Waals surface area contributed by atoms with Gasteiger partial charge in [-0.15, -0.1) is 0 Å². The summed E-state index contributed by atoms with van der Waals surface area (Å²) in [7, 11) is 0. The highest BCUT2D eigenvalue weighted by atomic mass is 32.1. The van der Waals surface area contributed by atoms with E-state index in [2.05, 4.69) is 4.98 Å². The standard InChI is InChI=1S/C20H16N2O3S/c1-11-7-9-13(10-8-11)17-16(12(2)23)18(24)19(25)22(17)20-21-14-5-3-4-6-15(14)26-20/h3-10,17,24H,1-2H3/t17-/m1/s1. The molecule has 6 heteroatoms. The Morgan fingerprint density at radius 3 is 2.50 bits per heavy atom. The van der Waals surface area contributed by atoms with Crippen molar-refractivity contribution in [3.63, 3.8) is 0 Å². The summed E-state index contributed by atoms with van der Waals surface area (Å²) in [5, 5.41) is 10.8. The van der Waals surface area contributed by atoms with Gasteiger partial charge in [0.1, 0.15) is 0 Å². The third-order valence-corrected chi connectivity index (χ3v) is 5.50. The second-order valence-electron chi connectivity index (χ2n) is 6.27. The fraction of sp³-hybridized carbons (Fsp3) is 0.150. The Morgan fingerprint density at radius 2 is 1.85 bits per heavy atom. The molecule has 0 saturated carbocycles. The van der Waals surface area contributed by atoms with Gasteiger partial charge in [-0.2, -0.15) is 0 Å². The first kappa shape index (κ1) is 16.5. The number of carbonyl (C=O) groups is 2. The van der Waals surface area contributed by atoms with Crippen molar-refractivity contribution in [3.8, 4) is 0 Å². The number of rotatable bonds is 3. The highest BCUT2D eigenvalue weighted by molar-refractivity contribution is 7.22. The van der Waals surface area contributed by atoms with Crippen LogP contribution in [0.3, 0.4) is 0 Å². The summed E-state index contributed by atoms with van der Waals surface area (Å²) in [5.74, 6) is -1.42. The zero-order valence-electron chi connectivity index (χ0n) is 14.3. The highest BCUT2D eigenvalue weighted by Crippen LogP contribution is 2.43. The molecule has 130 valence electrons. The molecule has 2 heterocycles. The Bertz CT molecular complexity index is 1030. The third-order valence-electron chi connectivity index (χ3n) is 4.47. The molecule has 0 fully saturated rings. The maximum absolute atomic E-state index is 12.8. The van der Waals surface area contributed by atoms with E-state index in [9.17, 15) is 14.7 Å². The minimum atomic E-state index is -0.679. The predicted molar refractivity (Wildman–Crippen MR) is 101 cm³/mol. The van der Waals surface area contributed by atoms with Gasteiger partial charge >= 0.3 is 0 Å². The van der Waals surface area contributed by atoms with Gasteiger partial charge in [0.25, 0.3) is 5.91 Å². The van der Waals surface area contributed by atoms with Gasteiger partial charge in [-0.05, 0) is 31.5 Å². The molecule has 0 radical (unpaired) electrons. The lowest BCUT2D eigenvalue weighted by Crippen LogP contribution is -2.30. The molecule has 2 aromatic carbocycles. The van der Waals surface area contributed by atoms with Crippen LogP contribution in [0.15, 0.2) is 59.9 Å². The molecule has 0 saturated heterocycles. The average Bonchev–Trinajstić information content (AvgIpc) is 3.15. The Kier molecular flexibility index (Phi) is 3.85. The second-order valence-corrected chi connectivity index (χ2v) is 7.28. The molecule has 0 bridgehead atoms. The van der Waals surface area contributed by atoms with Gasteiger partial charge in [0.2, 0.25) is 0 Å². The van der Waals surface area contributed by atoms with Crippen LogP contribution in [0.25, 0.3) is 10.2 Å². The summed E-state index contributed by atoms with van der Waals surface area (Å²) < 4.78 is 0.939. The molecular weight excluding hydrogens is 348 g/mol. The number of hydrogen-bond donors (Lipinski definition) is 1. The molecule has 0 aliphatic carbocycles. The van der Waals surface area contributed by atoms with Crippen LogP contribution in [-0.4, -0.2) is 21.8 Å². The summed E-state index contributed by atoms with van der Waals surface area (Å²) >= 11 is 1.36. The van der Waals surface area contributed by atoms with Crippen LogP contribution < -0.4 is 4.90 Å². The molecule has 0 spiro atoms. The number of amides is 1. The zero-order chi connectivity index (χ0) is 18.4. The fourth-order valence-corrected chi connectivity index (χ4v) is 4.18. The van der Waals surface area contributed by atoms with Crippen molar-refractivity contribution in [2.45, 2.75) is 19.9 Å². The Hall–Kier alpha value is -2.99. The van der Waals surface area contributed by atoms with Gasteiger partial charge in [0.05, 0.1) is 21.8 Å². The van der Waals surface area contributed by atoms with Crippen LogP contribution in [0.1, 0.15) is 24.1 Å². The van der Waals surface area contributed by atoms with Gasteiger partial charge in [-0.3, -0.25) is 14.5 Å².